The van der Waals surface area contributed by atoms with Crippen LogP contribution in [0.3, 0.4) is 0 Å². The Labute approximate surface area is 108 Å². The largest absolute Gasteiger partial charge is 0.386 e. The van der Waals surface area contributed by atoms with Gasteiger partial charge in [0, 0.05) is 18.9 Å². The maximum Gasteiger partial charge on any atom is 0.224 e. The zero-order valence-corrected chi connectivity index (χ0v) is 10.9. The summed E-state index contributed by atoms with van der Waals surface area (Å²) in [5.74, 6) is 0.258. The number of nitrogens with zero attached hydrogens (tertiary/aromatic N) is 1. The molecular formula is C13H22N2O3. The van der Waals surface area contributed by atoms with Crippen molar-refractivity contribution in [2.75, 3.05) is 19.6 Å². The van der Waals surface area contributed by atoms with Crippen molar-refractivity contribution in [1.29, 1.82) is 0 Å². The van der Waals surface area contributed by atoms with Crippen LogP contribution in [0.2, 0.25) is 0 Å². The van der Waals surface area contributed by atoms with Gasteiger partial charge in [0.2, 0.25) is 11.8 Å². The van der Waals surface area contributed by atoms with Crippen LogP contribution in [0, 0.1) is 5.92 Å². The number of hydrogen-bond acceptors (Lipinski definition) is 3. The average Bonchev–Trinajstić information content (AvgIpc) is 2.78. The van der Waals surface area contributed by atoms with Gasteiger partial charge in [0.05, 0.1) is 18.7 Å². The number of amides is 2. The van der Waals surface area contributed by atoms with Crippen LogP contribution in [-0.4, -0.2) is 47.1 Å². The number of hydrogen-bond donors (Lipinski definition) is 2. The fourth-order valence-electron chi connectivity index (χ4n) is 2.74. The number of rotatable bonds is 4. The molecule has 2 fully saturated rings. The van der Waals surface area contributed by atoms with Crippen LogP contribution in [0.15, 0.2) is 0 Å². The first-order chi connectivity index (χ1) is 8.48. The molecule has 5 heteroatoms. The monoisotopic (exact) mass is 254 g/mol. The third-order valence-electron chi connectivity index (χ3n) is 3.78. The van der Waals surface area contributed by atoms with E-state index in [4.69, 9.17) is 0 Å². The van der Waals surface area contributed by atoms with Crippen LogP contribution in [0.25, 0.3) is 0 Å². The normalized spacial score (nSPS) is 22.7. The fourth-order valence-corrected chi connectivity index (χ4v) is 2.74. The summed E-state index contributed by atoms with van der Waals surface area (Å²) in [6, 6.07) is 0. The fraction of sp³-hybridized carbons (Fsp3) is 0.846. The van der Waals surface area contributed by atoms with Crippen molar-refractivity contribution < 1.29 is 14.7 Å². The van der Waals surface area contributed by atoms with Gasteiger partial charge in [-0.1, -0.05) is 12.8 Å². The lowest BCUT2D eigenvalue weighted by Crippen LogP contribution is -2.61. The molecular weight excluding hydrogens is 232 g/mol. The Kier molecular flexibility index (Phi) is 3.90. The summed E-state index contributed by atoms with van der Waals surface area (Å²) in [5, 5.41) is 12.4. The van der Waals surface area contributed by atoms with E-state index in [1.807, 2.05) is 0 Å². The summed E-state index contributed by atoms with van der Waals surface area (Å²) in [4.78, 5) is 25.0. The van der Waals surface area contributed by atoms with Crippen molar-refractivity contribution in [2.45, 2.75) is 44.6 Å². The summed E-state index contributed by atoms with van der Waals surface area (Å²) in [7, 11) is 0. The summed E-state index contributed by atoms with van der Waals surface area (Å²) in [6.07, 6.45) is 4.57. The predicted molar refractivity (Wildman–Crippen MR) is 66.8 cm³/mol. The quantitative estimate of drug-likeness (QED) is 0.757. The molecule has 1 saturated heterocycles. The minimum Gasteiger partial charge on any atom is -0.386 e. The highest BCUT2D eigenvalue weighted by Gasteiger charge is 2.38. The van der Waals surface area contributed by atoms with Gasteiger partial charge in [0.15, 0.2) is 0 Å². The number of likely N-dealkylation sites (tertiary alicyclic amines) is 1. The van der Waals surface area contributed by atoms with E-state index in [9.17, 15) is 14.7 Å². The number of aliphatic hydroxyl groups is 1. The molecule has 1 aliphatic heterocycles. The number of carbonyl (C=O) groups is 2. The molecule has 0 aromatic heterocycles. The standard InChI is InChI=1S/C13H22N2O3/c1-13(18)8-15(9-13)11(16)6-7-14-12(17)10-4-2-3-5-10/h10,18H,2-9H2,1H3,(H,14,17). The van der Waals surface area contributed by atoms with Crippen LogP contribution in [0.4, 0.5) is 0 Å². The lowest BCUT2D eigenvalue weighted by atomic mass is 9.96. The van der Waals surface area contributed by atoms with E-state index < -0.39 is 5.60 Å². The molecule has 102 valence electrons. The molecule has 1 aliphatic carbocycles. The summed E-state index contributed by atoms with van der Waals surface area (Å²) in [5.41, 5.74) is -0.719. The Morgan fingerprint density at radius 2 is 1.94 bits per heavy atom. The Balaban J connectivity index is 1.60. The molecule has 2 amide bonds. The maximum absolute atomic E-state index is 11.7. The van der Waals surface area contributed by atoms with Crippen molar-refractivity contribution in [3.8, 4) is 0 Å². The van der Waals surface area contributed by atoms with E-state index in [2.05, 4.69) is 5.32 Å². The molecule has 18 heavy (non-hydrogen) atoms. The van der Waals surface area contributed by atoms with E-state index in [1.54, 1.807) is 11.8 Å². The first kappa shape index (κ1) is 13.3. The van der Waals surface area contributed by atoms with Gasteiger partial charge in [-0.3, -0.25) is 9.59 Å². The number of carbonyl (C=O) groups excluding carboxylic acids is 2. The lowest BCUT2D eigenvalue weighted by Gasteiger charge is -2.44. The van der Waals surface area contributed by atoms with Crippen LogP contribution < -0.4 is 5.32 Å². The Morgan fingerprint density at radius 1 is 1.33 bits per heavy atom. The summed E-state index contributed by atoms with van der Waals surface area (Å²) >= 11 is 0. The molecule has 2 rings (SSSR count). The predicted octanol–water partition coefficient (Wildman–Crippen LogP) is 0.276. The molecule has 0 radical (unpaired) electrons. The summed E-state index contributed by atoms with van der Waals surface area (Å²) in [6.45, 7) is 2.94. The zero-order valence-electron chi connectivity index (χ0n) is 10.9. The van der Waals surface area contributed by atoms with Crippen molar-refractivity contribution in [2.24, 2.45) is 5.92 Å². The summed E-state index contributed by atoms with van der Waals surface area (Å²) < 4.78 is 0. The van der Waals surface area contributed by atoms with Crippen LogP contribution >= 0.6 is 0 Å². The highest BCUT2D eigenvalue weighted by atomic mass is 16.3. The van der Waals surface area contributed by atoms with E-state index in [-0.39, 0.29) is 17.7 Å². The minimum absolute atomic E-state index is 0.00764. The smallest absolute Gasteiger partial charge is 0.224 e. The van der Waals surface area contributed by atoms with Gasteiger partial charge in [-0.15, -0.1) is 0 Å². The van der Waals surface area contributed by atoms with Gasteiger partial charge >= 0.3 is 0 Å². The van der Waals surface area contributed by atoms with Crippen LogP contribution in [-0.2, 0) is 9.59 Å². The van der Waals surface area contributed by atoms with Crippen molar-refractivity contribution in [1.82, 2.24) is 10.2 Å². The van der Waals surface area contributed by atoms with E-state index in [0.29, 0.717) is 26.1 Å². The second-order valence-electron chi connectivity index (χ2n) is 5.77. The van der Waals surface area contributed by atoms with E-state index >= 15 is 0 Å². The van der Waals surface area contributed by atoms with Crippen LogP contribution in [0.5, 0.6) is 0 Å². The van der Waals surface area contributed by atoms with Gasteiger partial charge in [0.25, 0.3) is 0 Å². The van der Waals surface area contributed by atoms with Gasteiger partial charge in [-0.2, -0.15) is 0 Å². The Bertz CT molecular complexity index is 327. The van der Waals surface area contributed by atoms with Crippen LogP contribution in [0.1, 0.15) is 39.0 Å². The SMILES string of the molecule is CC1(O)CN(C(=O)CCNC(=O)C2CCCC2)C1. The van der Waals surface area contributed by atoms with E-state index in [1.165, 1.54) is 0 Å². The maximum atomic E-state index is 11.7. The van der Waals surface area contributed by atoms with Gasteiger partial charge < -0.3 is 15.3 Å². The van der Waals surface area contributed by atoms with Gasteiger partial charge in [0.1, 0.15) is 0 Å². The molecule has 0 bridgehead atoms. The lowest BCUT2D eigenvalue weighted by molar-refractivity contribution is -0.152. The van der Waals surface area contributed by atoms with Crippen molar-refractivity contribution in [3.05, 3.63) is 0 Å². The molecule has 1 saturated carbocycles. The molecule has 2 aliphatic rings. The number of nitrogens with one attached hydrogen (secondary N) is 1. The molecule has 0 aromatic carbocycles. The number of β-amino-alcohol motifs (C(OH)–C–C–N with tert-alkyl or cyclic N) is 1. The third kappa shape index (κ3) is 3.22. The molecule has 0 unspecified atom stereocenters. The minimum atomic E-state index is -0.719. The molecule has 1 heterocycles. The molecule has 2 N–H and O–H groups in total. The first-order valence-electron chi connectivity index (χ1n) is 6.76. The Morgan fingerprint density at radius 3 is 2.50 bits per heavy atom. The van der Waals surface area contributed by atoms with Crippen molar-refractivity contribution in [3.63, 3.8) is 0 Å². The topological polar surface area (TPSA) is 69.6 Å². The highest BCUT2D eigenvalue weighted by Crippen LogP contribution is 2.24. The van der Waals surface area contributed by atoms with Crippen molar-refractivity contribution >= 4 is 11.8 Å². The second kappa shape index (κ2) is 5.26. The first-order valence-corrected chi connectivity index (χ1v) is 6.76. The van der Waals surface area contributed by atoms with E-state index in [0.717, 1.165) is 25.7 Å². The van der Waals surface area contributed by atoms with Gasteiger partial charge in [-0.05, 0) is 19.8 Å². The second-order valence-corrected chi connectivity index (χ2v) is 5.77. The van der Waals surface area contributed by atoms with Gasteiger partial charge in [-0.25, -0.2) is 0 Å². The molecule has 5 nitrogen and oxygen atoms in total. The molecule has 0 aromatic rings. The third-order valence-corrected chi connectivity index (χ3v) is 3.78. The molecule has 0 spiro atoms. The Hall–Kier alpha value is -1.10. The molecule has 0 atom stereocenters. The average molecular weight is 254 g/mol. The highest BCUT2D eigenvalue weighted by molar-refractivity contribution is 5.81. The zero-order chi connectivity index (χ0) is 13.2.